The quantitative estimate of drug-likeness (QED) is 0.0620. The second kappa shape index (κ2) is 33.5. The van der Waals surface area contributed by atoms with Crippen molar-refractivity contribution < 1.29 is 41.8 Å². The van der Waals surface area contributed by atoms with Gasteiger partial charge in [-0.1, -0.05) is 101 Å². The first-order valence-corrected chi connectivity index (χ1v) is 27.8. The molecule has 2 fully saturated rings. The van der Waals surface area contributed by atoms with Gasteiger partial charge in [-0.15, -0.1) is 6.58 Å². The Kier molecular flexibility index (Phi) is 31.8. The third-order valence-corrected chi connectivity index (χ3v) is 14.2. The van der Waals surface area contributed by atoms with Crippen molar-refractivity contribution in [1.29, 1.82) is 0 Å². The van der Waals surface area contributed by atoms with E-state index >= 15 is 0 Å². The minimum Gasteiger partial charge on any atom is -0.491 e. The Hall–Kier alpha value is -2.79. The number of hydrogen-bond donors (Lipinski definition) is 1. The molecule has 3 atom stereocenters. The molecule has 12 heteroatoms. The summed E-state index contributed by atoms with van der Waals surface area (Å²) in [6.07, 6.45) is 4.22. The molecule has 1 N–H and O–H groups in total. The largest absolute Gasteiger partial charge is 0.491 e. The van der Waals surface area contributed by atoms with Crippen molar-refractivity contribution in [3.05, 3.63) is 104 Å². The van der Waals surface area contributed by atoms with Crippen LogP contribution in [-0.4, -0.2) is 96.3 Å². The highest BCUT2D eigenvalue weighted by Gasteiger charge is 2.26. The first-order chi connectivity index (χ1) is 25.9. The van der Waals surface area contributed by atoms with Crippen LogP contribution in [-0.2, 0) is 22.4 Å². The summed E-state index contributed by atoms with van der Waals surface area (Å²) in [5.74, 6) is 2.59. The first-order valence-electron chi connectivity index (χ1n) is 19.4. The van der Waals surface area contributed by atoms with Gasteiger partial charge in [0.25, 0.3) is 0 Å². The van der Waals surface area contributed by atoms with E-state index in [9.17, 15) is 5.11 Å². The van der Waals surface area contributed by atoms with Crippen molar-refractivity contribution in [3.8, 4) is 17.2 Å². The van der Waals surface area contributed by atoms with Gasteiger partial charge in [0.15, 0.2) is 18.1 Å². The Morgan fingerprint density at radius 3 is 1.30 bits per heavy atom. The summed E-state index contributed by atoms with van der Waals surface area (Å²) in [7, 11) is -3.50. The Bertz CT molecular complexity index is 1170. The van der Waals surface area contributed by atoms with Gasteiger partial charge < -0.3 is 41.8 Å². The number of hydrogen-bond acceptors (Lipinski definition) is 9. The highest BCUT2D eigenvalue weighted by molar-refractivity contribution is 6.78. The standard InChI is InChI=1S/C12H16O3.2C9H10O2.C6H20O2Si3.2C3H8/c1-2-8-14-9-11(13)10-15-12-6-4-3-5-7-12;2*1-2-4-8(5-3-1)10-6-9-7-11-9;1-9(2)7-11(5,6)8-10(3)4;2*1-3-2/h2-7,11,13H,1,8-10H2;2*1-5,9H,6-7H2;9-10H,1-6H3;2*3H2,1-2H3. The van der Waals surface area contributed by atoms with Gasteiger partial charge in [0, 0.05) is 0 Å². The van der Waals surface area contributed by atoms with Crippen molar-refractivity contribution in [2.75, 3.05) is 46.2 Å². The Morgan fingerprint density at radius 1 is 0.667 bits per heavy atom. The molecule has 0 bridgehead atoms. The molecule has 0 saturated carbocycles. The van der Waals surface area contributed by atoms with Crippen LogP contribution in [0.1, 0.15) is 40.5 Å². The molecule has 2 aliphatic heterocycles. The van der Waals surface area contributed by atoms with E-state index in [2.05, 4.69) is 73.6 Å². The Balaban J connectivity index is 0.000000664. The topological polar surface area (TPSA) is 101 Å². The lowest BCUT2D eigenvalue weighted by Crippen LogP contribution is -2.42. The molecule has 0 spiro atoms. The Labute approximate surface area is 332 Å². The fraction of sp³-hybridized carbons (Fsp3) is 0.524. The highest BCUT2D eigenvalue weighted by atomic mass is 28.5. The molecule has 0 radical (unpaired) electrons. The lowest BCUT2D eigenvalue weighted by molar-refractivity contribution is 0.0214. The molecule has 5 rings (SSSR count). The van der Waals surface area contributed by atoms with Gasteiger partial charge in [0.2, 0.25) is 0 Å². The van der Waals surface area contributed by atoms with E-state index in [1.807, 2.05) is 91.0 Å². The van der Waals surface area contributed by atoms with Crippen LogP contribution >= 0.6 is 0 Å². The van der Waals surface area contributed by atoms with Crippen molar-refractivity contribution in [2.24, 2.45) is 0 Å². The van der Waals surface area contributed by atoms with Crippen LogP contribution in [0.2, 0.25) is 39.3 Å². The molecular formula is C42H72O9Si3. The van der Waals surface area contributed by atoms with Crippen molar-refractivity contribution in [1.82, 2.24) is 0 Å². The maximum atomic E-state index is 9.45. The normalized spacial score (nSPS) is 15.4. The summed E-state index contributed by atoms with van der Waals surface area (Å²) < 4.78 is 42.9. The number of rotatable bonds is 17. The molecule has 0 aliphatic carbocycles. The summed E-state index contributed by atoms with van der Waals surface area (Å²) >= 11 is 0. The third-order valence-electron chi connectivity index (χ3n) is 5.93. The SMILES string of the molecule is C=CCOCC(O)COc1ccccc1.CCC.CCC.C[SiH](C)O[Si](C)(C)O[SiH](C)C.c1ccc(OCC2CO2)cc1.c1ccc(OCC2CO2)cc1. The van der Waals surface area contributed by atoms with Gasteiger partial charge in [-0.05, 0) is 75.7 Å². The second-order valence-corrected chi connectivity index (χ2v) is 22.3. The van der Waals surface area contributed by atoms with Gasteiger partial charge in [-0.2, -0.15) is 0 Å². The van der Waals surface area contributed by atoms with E-state index < -0.39 is 32.7 Å². The van der Waals surface area contributed by atoms with Crippen molar-refractivity contribution in [3.63, 3.8) is 0 Å². The fourth-order valence-electron chi connectivity index (χ4n) is 3.95. The second-order valence-electron chi connectivity index (χ2n) is 13.4. The van der Waals surface area contributed by atoms with Crippen LogP contribution in [0.3, 0.4) is 0 Å². The van der Waals surface area contributed by atoms with Gasteiger partial charge >= 0.3 is 8.56 Å². The molecule has 0 amide bonds. The van der Waals surface area contributed by atoms with Crippen LogP contribution < -0.4 is 14.2 Å². The molecule has 2 saturated heterocycles. The molecule has 0 aromatic heterocycles. The average molecular weight is 805 g/mol. The molecule has 3 unspecified atom stereocenters. The zero-order valence-corrected chi connectivity index (χ0v) is 38.2. The van der Waals surface area contributed by atoms with Gasteiger partial charge in [0.05, 0.1) is 26.4 Å². The van der Waals surface area contributed by atoms with E-state index in [-0.39, 0.29) is 13.2 Å². The average Bonchev–Trinajstić information content (AvgIpc) is 4.07. The van der Waals surface area contributed by atoms with Crippen LogP contribution in [0.4, 0.5) is 0 Å². The smallest absolute Gasteiger partial charge is 0.310 e. The monoisotopic (exact) mass is 804 g/mol. The van der Waals surface area contributed by atoms with E-state index in [1.54, 1.807) is 6.08 Å². The van der Waals surface area contributed by atoms with Gasteiger partial charge in [-0.3, -0.25) is 0 Å². The van der Waals surface area contributed by atoms with E-state index in [4.69, 9.17) is 36.7 Å². The van der Waals surface area contributed by atoms with E-state index in [1.165, 1.54) is 12.8 Å². The van der Waals surface area contributed by atoms with Crippen LogP contribution in [0.25, 0.3) is 0 Å². The summed E-state index contributed by atoms with van der Waals surface area (Å²) in [5, 5.41) is 9.45. The van der Waals surface area contributed by atoms with Crippen LogP contribution in [0.5, 0.6) is 17.2 Å². The van der Waals surface area contributed by atoms with Gasteiger partial charge in [0.1, 0.15) is 55.4 Å². The maximum absolute atomic E-state index is 9.45. The van der Waals surface area contributed by atoms with Gasteiger partial charge in [-0.25, -0.2) is 0 Å². The Morgan fingerprint density at radius 2 is 1.00 bits per heavy atom. The number of epoxide rings is 2. The highest BCUT2D eigenvalue weighted by Crippen LogP contribution is 2.15. The lowest BCUT2D eigenvalue weighted by Gasteiger charge is -2.27. The molecule has 9 nitrogen and oxygen atoms in total. The summed E-state index contributed by atoms with van der Waals surface area (Å²) in [5.41, 5.74) is 0. The fourth-order valence-corrected chi connectivity index (χ4v) is 13.8. The summed E-state index contributed by atoms with van der Waals surface area (Å²) in [4.78, 5) is 0. The van der Waals surface area contributed by atoms with Crippen molar-refractivity contribution in [2.45, 2.75) is 98.1 Å². The molecular weight excluding hydrogens is 733 g/mol. The predicted octanol–water partition coefficient (Wildman–Crippen LogP) is 9.08. The lowest BCUT2D eigenvalue weighted by atomic mass is 10.3. The van der Waals surface area contributed by atoms with E-state index in [0.29, 0.717) is 32.0 Å². The minimum atomic E-state index is -1.71. The molecule has 2 aliphatic rings. The maximum Gasteiger partial charge on any atom is 0.310 e. The molecule has 306 valence electrons. The summed E-state index contributed by atoms with van der Waals surface area (Å²) in [6, 6.07) is 29.0. The summed E-state index contributed by atoms with van der Waals surface area (Å²) in [6.45, 7) is 29.1. The van der Waals surface area contributed by atoms with Crippen LogP contribution in [0, 0.1) is 0 Å². The number of aliphatic hydroxyl groups is 1. The molecule has 54 heavy (non-hydrogen) atoms. The molecule has 3 aromatic carbocycles. The zero-order valence-electron chi connectivity index (χ0n) is 34.9. The van der Waals surface area contributed by atoms with Crippen LogP contribution in [0.15, 0.2) is 104 Å². The number of benzene rings is 3. The first kappa shape index (κ1) is 51.2. The number of para-hydroxylation sites is 3. The third kappa shape index (κ3) is 34.9. The molecule has 2 heterocycles. The van der Waals surface area contributed by atoms with E-state index in [0.717, 1.165) is 30.5 Å². The zero-order chi connectivity index (χ0) is 40.5. The predicted molar refractivity (Wildman–Crippen MR) is 232 cm³/mol. The molecule has 3 aromatic rings. The number of aliphatic hydroxyl groups excluding tert-OH is 1. The number of ether oxygens (including phenoxy) is 6. The van der Waals surface area contributed by atoms with Crippen molar-refractivity contribution >= 4 is 26.6 Å². The minimum absolute atomic E-state index is 0.237.